The van der Waals surface area contributed by atoms with E-state index in [0.717, 1.165) is 106 Å². The van der Waals surface area contributed by atoms with Crippen LogP contribution in [0.25, 0.3) is 16.9 Å². The van der Waals surface area contributed by atoms with Crippen LogP contribution in [0.3, 0.4) is 0 Å². The third kappa shape index (κ3) is 7.26. The van der Waals surface area contributed by atoms with Crippen LogP contribution in [0.4, 0.5) is 11.4 Å². The molecule has 2 saturated carbocycles. The zero-order valence-corrected chi connectivity index (χ0v) is 32.2. The Hall–Kier alpha value is -6.21. The van der Waals surface area contributed by atoms with Crippen LogP contribution in [-0.4, -0.2) is 110 Å². The Bertz CT molecular complexity index is 2350. The minimum Gasteiger partial charge on any atom is -0.382 e. The smallest absolute Gasteiger partial charge is 0.262 e. The molecule has 5 amide bonds. The minimum absolute atomic E-state index is 0.0773. The molecule has 4 aromatic rings. The summed E-state index contributed by atoms with van der Waals surface area (Å²) in [5, 5.41) is 23.7. The Morgan fingerprint density at radius 1 is 0.845 bits per heavy atom. The van der Waals surface area contributed by atoms with E-state index in [2.05, 4.69) is 46.9 Å². The first-order chi connectivity index (χ1) is 28.2. The van der Waals surface area contributed by atoms with E-state index in [9.17, 15) is 29.2 Å². The molecule has 16 nitrogen and oxygen atoms in total. The second kappa shape index (κ2) is 15.6. The van der Waals surface area contributed by atoms with E-state index in [0.29, 0.717) is 34.1 Å². The van der Waals surface area contributed by atoms with Crippen LogP contribution in [0.2, 0.25) is 0 Å². The van der Waals surface area contributed by atoms with Gasteiger partial charge in [-0.3, -0.25) is 39.1 Å². The van der Waals surface area contributed by atoms with Crippen LogP contribution in [-0.2, 0) is 9.59 Å². The third-order valence-corrected chi connectivity index (χ3v) is 12.5. The van der Waals surface area contributed by atoms with Crippen LogP contribution in [0.5, 0.6) is 0 Å². The van der Waals surface area contributed by atoms with Crippen LogP contribution < -0.4 is 20.9 Å². The summed E-state index contributed by atoms with van der Waals surface area (Å²) in [4.78, 5) is 79.2. The van der Waals surface area contributed by atoms with Crippen LogP contribution in [0.1, 0.15) is 101 Å². The van der Waals surface area contributed by atoms with Crippen molar-refractivity contribution in [2.24, 2.45) is 5.92 Å². The second-order valence-electron chi connectivity index (χ2n) is 16.2. The minimum atomic E-state index is -0.981. The van der Waals surface area contributed by atoms with Gasteiger partial charge in [-0.1, -0.05) is 12.8 Å². The quantitative estimate of drug-likeness (QED) is 0.209. The van der Waals surface area contributed by atoms with E-state index in [1.54, 1.807) is 35.3 Å². The lowest BCUT2D eigenvalue weighted by Gasteiger charge is -2.39. The molecule has 298 valence electrons. The standard InChI is InChI=1S/C42H45N11O5/c43-20-26-17-27-22-46-53(38(27)45-21-26)36-19-34(47-28-3-1-2-4-28)33(23-44-36)39(55)48-29-7-5-25(6-8-29)24-50-13-15-51(16-14-50)30-9-10-31-32(18-30)42(58)52(41(31)57)35-11-12-37(54)49-40(35)56/h9-10,17-19,21-23,25,28-29,35H,1-8,11-16,24H2,(H,44,47)(H,48,55)(H,49,54,56). The van der Waals surface area contributed by atoms with Gasteiger partial charge >= 0.3 is 0 Å². The lowest BCUT2D eigenvalue weighted by molar-refractivity contribution is -0.136. The normalized spacial score (nSPS) is 22.9. The van der Waals surface area contributed by atoms with Crippen molar-refractivity contribution in [3.63, 3.8) is 0 Å². The Labute approximate surface area is 334 Å². The number of fused-ring (bicyclic) bond motifs is 2. The average Bonchev–Trinajstić information content (AvgIpc) is 3.97. The third-order valence-electron chi connectivity index (χ3n) is 12.5. The molecule has 1 aromatic carbocycles. The molecule has 58 heavy (non-hydrogen) atoms. The number of piperidine rings is 1. The van der Waals surface area contributed by atoms with Crippen LogP contribution in [0.15, 0.2) is 48.9 Å². The first-order valence-electron chi connectivity index (χ1n) is 20.4. The number of imide groups is 2. The second-order valence-corrected chi connectivity index (χ2v) is 16.2. The number of aromatic nitrogens is 4. The maximum absolute atomic E-state index is 13.8. The molecule has 3 aromatic heterocycles. The lowest BCUT2D eigenvalue weighted by Crippen LogP contribution is -2.54. The van der Waals surface area contributed by atoms with Gasteiger partial charge in [-0.25, -0.2) is 9.97 Å². The number of anilines is 2. The zero-order valence-electron chi connectivity index (χ0n) is 32.2. The van der Waals surface area contributed by atoms with Gasteiger partial charge in [0.15, 0.2) is 11.5 Å². The highest BCUT2D eigenvalue weighted by molar-refractivity contribution is 6.23. The summed E-state index contributed by atoms with van der Waals surface area (Å²) in [5.74, 6) is -1.06. The van der Waals surface area contributed by atoms with E-state index < -0.39 is 29.7 Å². The van der Waals surface area contributed by atoms with Gasteiger partial charge in [-0.05, 0) is 75.1 Å². The number of pyridine rings is 2. The predicted molar refractivity (Wildman–Crippen MR) is 212 cm³/mol. The summed E-state index contributed by atoms with van der Waals surface area (Å²) in [6, 6.07) is 10.4. The fourth-order valence-corrected chi connectivity index (χ4v) is 9.26. The van der Waals surface area contributed by atoms with Gasteiger partial charge in [0.05, 0.1) is 34.1 Å². The molecule has 0 radical (unpaired) electrons. The monoisotopic (exact) mass is 783 g/mol. The van der Waals surface area contributed by atoms with Crippen molar-refractivity contribution in [2.75, 3.05) is 42.9 Å². The number of piperazine rings is 1. The molecule has 9 rings (SSSR count). The molecule has 0 bridgehead atoms. The molecule has 3 aliphatic heterocycles. The molecular formula is C42H45N11O5. The van der Waals surface area contributed by atoms with Gasteiger partial charge in [-0.2, -0.15) is 15.0 Å². The maximum Gasteiger partial charge on any atom is 0.262 e. The van der Waals surface area contributed by atoms with E-state index >= 15 is 0 Å². The van der Waals surface area contributed by atoms with Gasteiger partial charge in [-0.15, -0.1) is 0 Å². The van der Waals surface area contributed by atoms with Crippen LogP contribution >= 0.6 is 0 Å². The molecule has 3 N–H and O–H groups in total. The summed E-state index contributed by atoms with van der Waals surface area (Å²) >= 11 is 0. The van der Waals surface area contributed by atoms with Crippen molar-refractivity contribution < 1.29 is 24.0 Å². The number of carbonyl (C=O) groups excluding carboxylic acids is 5. The largest absolute Gasteiger partial charge is 0.382 e. The molecule has 6 heterocycles. The summed E-state index contributed by atoms with van der Waals surface area (Å²) in [6.07, 6.45) is 13.3. The highest BCUT2D eigenvalue weighted by Crippen LogP contribution is 2.33. The Kier molecular flexibility index (Phi) is 10.1. The van der Waals surface area contributed by atoms with E-state index in [1.807, 2.05) is 12.1 Å². The maximum atomic E-state index is 13.8. The summed E-state index contributed by atoms with van der Waals surface area (Å²) in [6.45, 7) is 4.29. The molecule has 16 heteroatoms. The first kappa shape index (κ1) is 37.4. The van der Waals surface area contributed by atoms with Crippen LogP contribution in [0, 0.1) is 17.2 Å². The first-order valence-corrected chi connectivity index (χ1v) is 20.4. The number of benzene rings is 1. The number of amides is 5. The molecule has 1 atom stereocenters. The van der Waals surface area contributed by atoms with E-state index in [4.69, 9.17) is 0 Å². The molecule has 0 spiro atoms. The zero-order chi connectivity index (χ0) is 39.9. The number of rotatable bonds is 9. The highest BCUT2D eigenvalue weighted by Gasteiger charge is 2.45. The lowest BCUT2D eigenvalue weighted by atomic mass is 9.85. The van der Waals surface area contributed by atoms with Gasteiger partial charge in [0.2, 0.25) is 11.8 Å². The van der Waals surface area contributed by atoms with Gasteiger partial charge in [0.25, 0.3) is 17.7 Å². The summed E-state index contributed by atoms with van der Waals surface area (Å²) < 4.78 is 1.64. The molecule has 2 aliphatic carbocycles. The topological polar surface area (TPSA) is 199 Å². The average molecular weight is 784 g/mol. The van der Waals surface area contributed by atoms with Gasteiger partial charge in [0.1, 0.15) is 12.1 Å². The SMILES string of the molecule is N#Cc1cnc2c(cnn2-c2cc(NC3CCCC3)c(C(=O)NC3CCC(CN4CCN(c5ccc6c(c5)C(=O)N(C5CCC(=O)NC5=O)C6=O)CC4)CC3)cn2)c1. The van der Waals surface area contributed by atoms with E-state index in [-0.39, 0.29) is 36.4 Å². The number of nitriles is 1. The predicted octanol–water partition coefficient (Wildman–Crippen LogP) is 3.55. The number of nitrogens with zero attached hydrogens (tertiary/aromatic N) is 8. The molecular weight excluding hydrogens is 739 g/mol. The fourth-order valence-electron chi connectivity index (χ4n) is 9.26. The summed E-state index contributed by atoms with van der Waals surface area (Å²) in [5.41, 5.74) is 3.74. The van der Waals surface area contributed by atoms with Crippen molar-refractivity contribution in [3.05, 3.63) is 71.2 Å². The van der Waals surface area contributed by atoms with E-state index in [1.165, 1.54) is 6.20 Å². The van der Waals surface area contributed by atoms with Crippen molar-refractivity contribution in [2.45, 2.75) is 82.3 Å². The van der Waals surface area contributed by atoms with Gasteiger partial charge < -0.3 is 15.5 Å². The number of nitrogens with one attached hydrogen (secondary N) is 3. The number of hydrogen-bond acceptors (Lipinski definition) is 12. The Morgan fingerprint density at radius 3 is 2.38 bits per heavy atom. The molecule has 5 aliphatic rings. The molecule has 4 fully saturated rings. The van der Waals surface area contributed by atoms with Crippen molar-refractivity contribution >= 4 is 51.9 Å². The summed E-state index contributed by atoms with van der Waals surface area (Å²) in [7, 11) is 0. The van der Waals surface area contributed by atoms with Crippen molar-refractivity contribution in [1.29, 1.82) is 5.26 Å². The fraction of sp³-hybridized carbons (Fsp3) is 0.452. The Morgan fingerprint density at radius 2 is 1.62 bits per heavy atom. The van der Waals surface area contributed by atoms with Crippen molar-refractivity contribution in [1.82, 2.24) is 40.2 Å². The van der Waals surface area contributed by atoms with Gasteiger partial charge in [0, 0.05) is 80.8 Å². The molecule has 2 saturated heterocycles. The molecule has 1 unspecified atom stereocenters. The van der Waals surface area contributed by atoms with Crippen molar-refractivity contribution in [3.8, 4) is 11.9 Å². The number of hydrogen-bond donors (Lipinski definition) is 3. The number of carbonyl (C=O) groups is 5. The highest BCUT2D eigenvalue weighted by atomic mass is 16.2. The Balaban J connectivity index is 0.781.